The van der Waals surface area contributed by atoms with Crippen LogP contribution in [-0.2, 0) is 9.59 Å². The lowest BCUT2D eigenvalue weighted by molar-refractivity contribution is -0.141. The van der Waals surface area contributed by atoms with Gasteiger partial charge in [0.25, 0.3) is 0 Å². The van der Waals surface area contributed by atoms with E-state index in [4.69, 9.17) is 21.1 Å². The molecule has 0 aliphatic carbocycles. The maximum absolute atomic E-state index is 9.86. The molecular formula is C6H14N2O5. The predicted octanol–water partition coefficient (Wildman–Crippen LogP) is -2.19. The molecule has 0 aliphatic heterocycles. The first kappa shape index (κ1) is 14.3. The topological polar surface area (TPSA) is 147 Å². The molecule has 0 saturated carbocycles. The molecule has 0 radical (unpaired) electrons. The summed E-state index contributed by atoms with van der Waals surface area (Å²) in [4.78, 5) is 19.1. The van der Waals surface area contributed by atoms with E-state index in [9.17, 15) is 9.59 Å². The maximum Gasteiger partial charge on any atom is 0.323 e. The monoisotopic (exact) mass is 194 g/mol. The van der Waals surface area contributed by atoms with Crippen LogP contribution in [0.4, 0.5) is 0 Å². The van der Waals surface area contributed by atoms with Gasteiger partial charge in [-0.3, -0.25) is 9.59 Å². The van der Waals surface area contributed by atoms with Crippen molar-refractivity contribution < 1.29 is 24.9 Å². The summed E-state index contributed by atoms with van der Waals surface area (Å²) in [5.74, 6) is -2.15. The van der Waals surface area contributed by atoms with Crippen LogP contribution >= 0.6 is 0 Å². The molecule has 2 atom stereocenters. The average Bonchev–Trinajstić information content (AvgIpc) is 2.03. The first-order valence-corrected chi connectivity index (χ1v) is 3.41. The van der Waals surface area contributed by atoms with Crippen molar-refractivity contribution in [3.05, 3.63) is 0 Å². The lowest BCUT2D eigenvalue weighted by Crippen LogP contribution is -2.39. The Hall–Kier alpha value is -1.18. The van der Waals surface area contributed by atoms with Crippen LogP contribution in [0.3, 0.4) is 0 Å². The van der Waals surface area contributed by atoms with E-state index in [1.54, 1.807) is 0 Å². The second-order valence-electron chi connectivity index (χ2n) is 2.20. The molecule has 7 N–H and O–H groups in total. The van der Waals surface area contributed by atoms with Gasteiger partial charge in [0.15, 0.2) is 0 Å². The molecule has 0 bridgehead atoms. The van der Waals surface area contributed by atoms with Crippen LogP contribution < -0.4 is 11.5 Å². The standard InChI is InChI=1S/C4H9NO3.C2H5NO2/c1-2(6)3(5)4(7)8;3-1-2(4)5/h2-3,6H,5H2,1H3,(H,7,8);1,3H2,(H,4,5)/t2?,3-;/m0./s1. The third-order valence-corrected chi connectivity index (χ3v) is 0.979. The Labute approximate surface area is 75.0 Å². The van der Waals surface area contributed by atoms with Crippen molar-refractivity contribution >= 4 is 11.9 Å². The summed E-state index contributed by atoms with van der Waals surface area (Å²) in [5.41, 5.74) is 9.48. The van der Waals surface area contributed by atoms with Crippen molar-refractivity contribution in [1.29, 1.82) is 0 Å². The predicted molar refractivity (Wildman–Crippen MR) is 44.0 cm³/mol. The summed E-state index contributed by atoms with van der Waals surface area (Å²) >= 11 is 0. The Kier molecular flexibility index (Phi) is 8.24. The normalized spacial score (nSPS) is 13.5. The zero-order valence-corrected chi connectivity index (χ0v) is 7.17. The highest BCUT2D eigenvalue weighted by atomic mass is 16.4. The number of rotatable bonds is 3. The van der Waals surface area contributed by atoms with Crippen molar-refractivity contribution in [2.24, 2.45) is 11.5 Å². The molecule has 0 aromatic carbocycles. The summed E-state index contributed by atoms with van der Waals surface area (Å²) in [6, 6.07) is -1.16. The van der Waals surface area contributed by atoms with E-state index in [2.05, 4.69) is 5.73 Å². The first-order chi connectivity index (χ1) is 5.82. The summed E-state index contributed by atoms with van der Waals surface area (Å²) in [7, 11) is 0. The number of carboxylic acids is 2. The van der Waals surface area contributed by atoms with Crippen LogP contribution in [0.15, 0.2) is 0 Å². The van der Waals surface area contributed by atoms with Gasteiger partial charge in [-0.25, -0.2) is 0 Å². The van der Waals surface area contributed by atoms with Gasteiger partial charge < -0.3 is 26.8 Å². The molecule has 0 aliphatic rings. The number of carbonyl (C=O) groups is 2. The zero-order valence-electron chi connectivity index (χ0n) is 7.17. The molecule has 0 saturated heterocycles. The van der Waals surface area contributed by atoms with E-state index in [1.165, 1.54) is 6.92 Å². The lowest BCUT2D eigenvalue weighted by Gasteiger charge is -2.06. The van der Waals surface area contributed by atoms with Crippen LogP contribution in [-0.4, -0.2) is 45.9 Å². The molecule has 7 nitrogen and oxygen atoms in total. The molecule has 0 aromatic heterocycles. The molecule has 7 heteroatoms. The van der Waals surface area contributed by atoms with Gasteiger partial charge in [0, 0.05) is 0 Å². The van der Waals surface area contributed by atoms with E-state index in [-0.39, 0.29) is 6.54 Å². The minimum Gasteiger partial charge on any atom is -0.480 e. The van der Waals surface area contributed by atoms with Gasteiger partial charge in [0.2, 0.25) is 0 Å². The van der Waals surface area contributed by atoms with Gasteiger partial charge in [0.1, 0.15) is 6.04 Å². The fraction of sp³-hybridized carbons (Fsp3) is 0.667. The molecule has 0 fully saturated rings. The number of aliphatic hydroxyl groups is 1. The van der Waals surface area contributed by atoms with Crippen LogP contribution in [0.1, 0.15) is 6.92 Å². The van der Waals surface area contributed by atoms with Crippen molar-refractivity contribution in [2.45, 2.75) is 19.1 Å². The third-order valence-electron chi connectivity index (χ3n) is 0.979. The Bertz CT molecular complexity index is 170. The molecule has 0 aromatic rings. The van der Waals surface area contributed by atoms with E-state index >= 15 is 0 Å². The van der Waals surface area contributed by atoms with E-state index in [0.29, 0.717) is 0 Å². The number of hydrogen-bond donors (Lipinski definition) is 5. The highest BCUT2D eigenvalue weighted by Gasteiger charge is 2.16. The second kappa shape index (κ2) is 7.47. The Morgan fingerprint density at radius 1 is 1.38 bits per heavy atom. The summed E-state index contributed by atoms with van der Waals surface area (Å²) < 4.78 is 0. The lowest BCUT2D eigenvalue weighted by atomic mass is 10.2. The van der Waals surface area contributed by atoms with E-state index < -0.39 is 24.1 Å². The number of carboxylic acid groups (broad SMARTS) is 2. The number of aliphatic hydroxyl groups excluding tert-OH is 1. The minimum atomic E-state index is -1.18. The molecule has 1 unspecified atom stereocenters. The molecule has 0 amide bonds. The average molecular weight is 194 g/mol. The molecule has 78 valence electrons. The highest BCUT2D eigenvalue weighted by molar-refractivity contribution is 5.73. The van der Waals surface area contributed by atoms with Gasteiger partial charge in [-0.05, 0) is 6.92 Å². The summed E-state index contributed by atoms with van der Waals surface area (Å²) in [6.45, 7) is 1.05. The SMILES string of the molecule is CC(O)[C@H](N)C(=O)O.NCC(=O)O. The van der Waals surface area contributed by atoms with Gasteiger partial charge in [0.05, 0.1) is 12.6 Å². The van der Waals surface area contributed by atoms with Crippen LogP contribution in [0.25, 0.3) is 0 Å². The largest absolute Gasteiger partial charge is 0.480 e. The van der Waals surface area contributed by atoms with Crippen LogP contribution in [0.5, 0.6) is 0 Å². The van der Waals surface area contributed by atoms with Gasteiger partial charge >= 0.3 is 11.9 Å². The van der Waals surface area contributed by atoms with Crippen LogP contribution in [0, 0.1) is 0 Å². The van der Waals surface area contributed by atoms with Crippen molar-refractivity contribution in [2.75, 3.05) is 6.54 Å². The van der Waals surface area contributed by atoms with E-state index in [0.717, 1.165) is 0 Å². The number of hydrogen-bond acceptors (Lipinski definition) is 5. The molecule has 13 heavy (non-hydrogen) atoms. The number of nitrogens with two attached hydrogens (primary N) is 2. The second-order valence-corrected chi connectivity index (χ2v) is 2.20. The highest BCUT2D eigenvalue weighted by Crippen LogP contribution is 1.85. The van der Waals surface area contributed by atoms with Gasteiger partial charge in [-0.15, -0.1) is 0 Å². The van der Waals surface area contributed by atoms with Crippen molar-refractivity contribution in [3.8, 4) is 0 Å². The maximum atomic E-state index is 9.86. The first-order valence-electron chi connectivity index (χ1n) is 3.41. The quantitative estimate of drug-likeness (QED) is 0.342. The van der Waals surface area contributed by atoms with Gasteiger partial charge in [-0.1, -0.05) is 0 Å². The number of aliphatic carboxylic acids is 2. The van der Waals surface area contributed by atoms with E-state index in [1.807, 2.05) is 0 Å². The molecular weight excluding hydrogens is 180 g/mol. The van der Waals surface area contributed by atoms with Crippen molar-refractivity contribution in [3.63, 3.8) is 0 Å². The zero-order chi connectivity index (χ0) is 11.0. The summed E-state index contributed by atoms with van der Waals surface area (Å²) in [6.07, 6.45) is -0.979. The Morgan fingerprint density at radius 2 is 1.69 bits per heavy atom. The molecule has 0 spiro atoms. The summed E-state index contributed by atoms with van der Waals surface area (Å²) in [5, 5.41) is 24.2. The molecule has 0 heterocycles. The fourth-order valence-corrected chi connectivity index (χ4v) is 0.206. The Balaban J connectivity index is 0. The minimum absolute atomic E-state index is 0.278. The smallest absolute Gasteiger partial charge is 0.323 e. The van der Waals surface area contributed by atoms with Gasteiger partial charge in [-0.2, -0.15) is 0 Å². The third kappa shape index (κ3) is 10.8. The fourth-order valence-electron chi connectivity index (χ4n) is 0.206. The van der Waals surface area contributed by atoms with Crippen molar-refractivity contribution in [1.82, 2.24) is 0 Å². The van der Waals surface area contributed by atoms with Crippen LogP contribution in [0.2, 0.25) is 0 Å². The Morgan fingerprint density at radius 3 is 1.69 bits per heavy atom. The molecule has 0 rings (SSSR count).